The van der Waals surface area contributed by atoms with Gasteiger partial charge in [-0.3, -0.25) is 4.79 Å². The second-order valence-electron chi connectivity index (χ2n) is 7.56. The summed E-state index contributed by atoms with van der Waals surface area (Å²) in [5.41, 5.74) is 1.31. The largest absolute Gasteiger partial charge is 0.342 e. The molecule has 0 aliphatic rings. The van der Waals surface area contributed by atoms with Crippen LogP contribution in [0.2, 0.25) is 0 Å². The van der Waals surface area contributed by atoms with Crippen LogP contribution in [0.15, 0.2) is 35.5 Å². The third-order valence-corrected chi connectivity index (χ3v) is 5.44. The normalized spacial score (nSPS) is 11.2. The van der Waals surface area contributed by atoms with Gasteiger partial charge < -0.3 is 9.47 Å². The number of thioether (sulfide) groups is 1. The molecule has 6 heteroatoms. The van der Waals surface area contributed by atoms with Crippen LogP contribution >= 0.6 is 11.8 Å². The lowest BCUT2D eigenvalue weighted by Gasteiger charge is -2.21. The van der Waals surface area contributed by atoms with Gasteiger partial charge in [0.1, 0.15) is 5.82 Å². The topological polar surface area (TPSA) is 51.0 Å². The highest BCUT2D eigenvalue weighted by molar-refractivity contribution is 7.99. The second-order valence-corrected chi connectivity index (χ2v) is 8.50. The van der Waals surface area contributed by atoms with E-state index in [9.17, 15) is 4.79 Å². The van der Waals surface area contributed by atoms with Crippen LogP contribution < -0.4 is 0 Å². The average molecular weight is 403 g/mol. The fourth-order valence-electron chi connectivity index (χ4n) is 3.18. The van der Waals surface area contributed by atoms with Gasteiger partial charge in [-0.2, -0.15) is 0 Å². The summed E-state index contributed by atoms with van der Waals surface area (Å²) < 4.78 is 2.20. The monoisotopic (exact) mass is 402 g/mol. The summed E-state index contributed by atoms with van der Waals surface area (Å²) in [6, 6.07) is 10.5. The second kappa shape index (κ2) is 11.9. The summed E-state index contributed by atoms with van der Waals surface area (Å²) >= 11 is 1.52. The van der Waals surface area contributed by atoms with Gasteiger partial charge in [0.05, 0.1) is 5.75 Å². The average Bonchev–Trinajstić information content (AvgIpc) is 3.06. The Balaban J connectivity index is 2.04. The number of carbonyl (C=O) groups is 1. The van der Waals surface area contributed by atoms with E-state index in [2.05, 4.69) is 66.7 Å². The quantitative estimate of drug-likeness (QED) is 0.492. The van der Waals surface area contributed by atoms with Crippen molar-refractivity contribution in [3.05, 3.63) is 41.7 Å². The number of hydrogen-bond acceptors (Lipinski definition) is 4. The molecule has 1 heterocycles. The van der Waals surface area contributed by atoms with Crippen LogP contribution in [0.5, 0.6) is 0 Å². The van der Waals surface area contributed by atoms with E-state index in [-0.39, 0.29) is 5.91 Å². The molecule has 5 nitrogen and oxygen atoms in total. The molecule has 0 unspecified atom stereocenters. The molecule has 2 aromatic rings. The van der Waals surface area contributed by atoms with Crippen LogP contribution in [-0.4, -0.2) is 44.4 Å². The highest BCUT2D eigenvalue weighted by Crippen LogP contribution is 2.20. The van der Waals surface area contributed by atoms with E-state index in [4.69, 9.17) is 0 Å². The molecule has 0 aliphatic heterocycles. The Bertz CT molecular complexity index is 709. The standard InChI is InChI=1S/C22H34N4OS/c1-5-14-25(15-6-2)21(27)17-28-22-24-23-20(26(22)16-18(3)4)13-12-19-10-8-7-9-11-19/h7-11,18H,5-6,12-17H2,1-4H3. The van der Waals surface area contributed by atoms with E-state index in [0.29, 0.717) is 11.7 Å². The Labute approximate surface area is 173 Å². The Morgan fingerprint density at radius 1 is 1.07 bits per heavy atom. The predicted molar refractivity (Wildman–Crippen MR) is 117 cm³/mol. The van der Waals surface area contributed by atoms with E-state index < -0.39 is 0 Å². The Morgan fingerprint density at radius 3 is 2.36 bits per heavy atom. The zero-order chi connectivity index (χ0) is 20.4. The van der Waals surface area contributed by atoms with Gasteiger partial charge in [0.15, 0.2) is 5.16 Å². The molecule has 0 spiro atoms. The van der Waals surface area contributed by atoms with Gasteiger partial charge in [-0.1, -0.05) is 69.8 Å². The molecular formula is C22H34N4OS. The van der Waals surface area contributed by atoms with Gasteiger partial charge in [0, 0.05) is 26.1 Å². The molecule has 0 aliphatic carbocycles. The number of hydrogen-bond donors (Lipinski definition) is 0. The van der Waals surface area contributed by atoms with Crippen molar-refractivity contribution in [3.63, 3.8) is 0 Å². The first kappa shape index (κ1) is 22.5. The van der Waals surface area contributed by atoms with Crippen molar-refractivity contribution in [2.45, 2.75) is 65.1 Å². The number of benzene rings is 1. The van der Waals surface area contributed by atoms with E-state index in [1.807, 2.05) is 11.0 Å². The maximum atomic E-state index is 12.6. The summed E-state index contributed by atoms with van der Waals surface area (Å²) in [7, 11) is 0. The maximum absolute atomic E-state index is 12.6. The van der Waals surface area contributed by atoms with Crippen LogP contribution in [0, 0.1) is 5.92 Å². The third-order valence-electron chi connectivity index (χ3n) is 4.49. The molecule has 0 radical (unpaired) electrons. The summed E-state index contributed by atoms with van der Waals surface area (Å²) in [5.74, 6) is 2.12. The number of aromatic nitrogens is 3. The predicted octanol–water partition coefficient (Wildman–Crippen LogP) is 4.46. The Morgan fingerprint density at radius 2 is 1.75 bits per heavy atom. The van der Waals surface area contributed by atoms with Crippen LogP contribution in [0.4, 0.5) is 0 Å². The zero-order valence-electron chi connectivity index (χ0n) is 17.7. The van der Waals surface area contributed by atoms with E-state index in [0.717, 1.165) is 56.3 Å². The van der Waals surface area contributed by atoms with E-state index in [1.165, 1.54) is 17.3 Å². The first-order valence-corrected chi connectivity index (χ1v) is 11.4. The van der Waals surface area contributed by atoms with Crippen molar-refractivity contribution < 1.29 is 4.79 Å². The van der Waals surface area contributed by atoms with E-state index in [1.54, 1.807) is 0 Å². The zero-order valence-corrected chi connectivity index (χ0v) is 18.5. The molecule has 0 saturated carbocycles. The number of aryl methyl sites for hydroxylation is 2. The van der Waals surface area contributed by atoms with Crippen LogP contribution in [0.1, 0.15) is 51.9 Å². The summed E-state index contributed by atoms with van der Waals surface area (Å²) in [4.78, 5) is 14.6. The Kier molecular flexibility index (Phi) is 9.55. The van der Waals surface area contributed by atoms with Crippen molar-refractivity contribution in [3.8, 4) is 0 Å². The maximum Gasteiger partial charge on any atom is 0.233 e. The fraction of sp³-hybridized carbons (Fsp3) is 0.591. The molecule has 28 heavy (non-hydrogen) atoms. The van der Waals surface area contributed by atoms with Gasteiger partial charge >= 0.3 is 0 Å². The third kappa shape index (κ3) is 6.97. The first-order valence-electron chi connectivity index (χ1n) is 10.4. The molecule has 0 saturated heterocycles. The highest BCUT2D eigenvalue weighted by Gasteiger charge is 2.17. The van der Waals surface area contributed by atoms with Crippen molar-refractivity contribution >= 4 is 17.7 Å². The van der Waals surface area contributed by atoms with Crippen molar-refractivity contribution in [1.82, 2.24) is 19.7 Å². The molecular weight excluding hydrogens is 368 g/mol. The SMILES string of the molecule is CCCN(CCC)C(=O)CSc1nnc(CCc2ccccc2)n1CC(C)C. The van der Waals surface area contributed by atoms with Gasteiger partial charge in [0.25, 0.3) is 0 Å². The van der Waals surface area contributed by atoms with Crippen molar-refractivity contribution in [2.24, 2.45) is 5.92 Å². The molecule has 0 N–H and O–H groups in total. The lowest BCUT2D eigenvalue weighted by molar-refractivity contribution is -0.128. The molecule has 0 atom stereocenters. The molecule has 1 aromatic heterocycles. The lowest BCUT2D eigenvalue weighted by atomic mass is 10.1. The van der Waals surface area contributed by atoms with Gasteiger partial charge in [-0.05, 0) is 30.7 Å². The highest BCUT2D eigenvalue weighted by atomic mass is 32.2. The number of rotatable bonds is 12. The van der Waals surface area contributed by atoms with Crippen molar-refractivity contribution in [2.75, 3.05) is 18.8 Å². The molecule has 1 aromatic carbocycles. The van der Waals surface area contributed by atoms with Gasteiger partial charge in [-0.25, -0.2) is 0 Å². The smallest absolute Gasteiger partial charge is 0.233 e. The number of amides is 1. The van der Waals surface area contributed by atoms with Crippen LogP contribution in [-0.2, 0) is 24.2 Å². The first-order chi connectivity index (χ1) is 13.5. The minimum absolute atomic E-state index is 0.193. The summed E-state index contributed by atoms with van der Waals surface area (Å²) in [5, 5.41) is 9.72. The van der Waals surface area contributed by atoms with Gasteiger partial charge in [0.2, 0.25) is 5.91 Å². The summed E-state index contributed by atoms with van der Waals surface area (Å²) in [6.07, 6.45) is 3.78. The number of nitrogens with zero attached hydrogens (tertiary/aromatic N) is 4. The minimum atomic E-state index is 0.193. The molecule has 0 bridgehead atoms. The number of carbonyl (C=O) groups excluding carboxylic acids is 1. The molecule has 2 rings (SSSR count). The van der Waals surface area contributed by atoms with Crippen LogP contribution in [0.3, 0.4) is 0 Å². The summed E-state index contributed by atoms with van der Waals surface area (Å²) in [6.45, 7) is 11.2. The van der Waals surface area contributed by atoms with Crippen molar-refractivity contribution in [1.29, 1.82) is 0 Å². The lowest BCUT2D eigenvalue weighted by Crippen LogP contribution is -2.33. The minimum Gasteiger partial charge on any atom is -0.342 e. The molecule has 1 amide bonds. The Hall–Kier alpha value is -1.82. The van der Waals surface area contributed by atoms with E-state index >= 15 is 0 Å². The van der Waals surface area contributed by atoms with Gasteiger partial charge in [-0.15, -0.1) is 10.2 Å². The fourth-order valence-corrected chi connectivity index (χ4v) is 4.05. The molecule has 0 fully saturated rings. The molecule has 154 valence electrons. The van der Waals surface area contributed by atoms with Crippen LogP contribution in [0.25, 0.3) is 0 Å².